The molecule has 4 nitrogen and oxygen atoms in total. The maximum atomic E-state index is 13.5. The van der Waals surface area contributed by atoms with Crippen LogP contribution in [0.1, 0.15) is 5.56 Å². The number of halogens is 1. The van der Waals surface area contributed by atoms with E-state index < -0.39 is 6.09 Å². The number of hydrogen-bond donors (Lipinski definition) is 2. The van der Waals surface area contributed by atoms with Crippen LogP contribution in [0, 0.1) is 5.82 Å². The summed E-state index contributed by atoms with van der Waals surface area (Å²) in [6.07, 6.45) is -0.531. The van der Waals surface area contributed by atoms with Crippen LogP contribution < -0.4 is 10.6 Å². The minimum absolute atomic E-state index is 0.246. The molecule has 0 bridgehead atoms. The third-order valence-electron chi connectivity index (χ3n) is 2.74. The second kappa shape index (κ2) is 6.56. The molecule has 1 amide bonds. The smallest absolute Gasteiger partial charge is 0.411 e. The molecule has 2 aromatic rings. The first-order chi connectivity index (χ1) is 9.69. The Morgan fingerprint density at radius 3 is 2.65 bits per heavy atom. The van der Waals surface area contributed by atoms with Crippen molar-refractivity contribution in [3.05, 3.63) is 59.9 Å². The number of methoxy groups -OCH3 is 1. The maximum absolute atomic E-state index is 13.5. The summed E-state index contributed by atoms with van der Waals surface area (Å²) < 4.78 is 18.0. The van der Waals surface area contributed by atoms with Crippen molar-refractivity contribution in [1.29, 1.82) is 0 Å². The molecule has 0 heterocycles. The number of carbonyl (C=O) groups is 1. The molecule has 2 N–H and O–H groups in total. The van der Waals surface area contributed by atoms with Crippen LogP contribution in [-0.2, 0) is 11.3 Å². The Morgan fingerprint density at radius 2 is 1.90 bits per heavy atom. The average molecular weight is 274 g/mol. The molecule has 0 aromatic heterocycles. The Morgan fingerprint density at radius 1 is 1.15 bits per heavy atom. The van der Waals surface area contributed by atoms with Gasteiger partial charge in [0, 0.05) is 23.5 Å². The van der Waals surface area contributed by atoms with Gasteiger partial charge in [-0.15, -0.1) is 0 Å². The Labute approximate surface area is 116 Å². The average Bonchev–Trinajstić information content (AvgIpc) is 2.47. The fourth-order valence-electron chi connectivity index (χ4n) is 1.71. The predicted molar refractivity (Wildman–Crippen MR) is 76.2 cm³/mol. The highest BCUT2D eigenvalue weighted by atomic mass is 19.1. The lowest BCUT2D eigenvalue weighted by Crippen LogP contribution is -2.11. The highest BCUT2D eigenvalue weighted by Crippen LogP contribution is 2.17. The summed E-state index contributed by atoms with van der Waals surface area (Å²) in [5.41, 5.74) is 1.97. The molecule has 2 aromatic carbocycles. The molecule has 0 spiro atoms. The number of benzene rings is 2. The summed E-state index contributed by atoms with van der Waals surface area (Å²) in [5, 5.41) is 5.67. The van der Waals surface area contributed by atoms with Gasteiger partial charge in [-0.25, -0.2) is 9.18 Å². The molecule has 5 heteroatoms. The van der Waals surface area contributed by atoms with E-state index in [-0.39, 0.29) is 5.82 Å². The highest BCUT2D eigenvalue weighted by molar-refractivity contribution is 5.85. The van der Waals surface area contributed by atoms with Crippen molar-refractivity contribution in [1.82, 2.24) is 0 Å². The van der Waals surface area contributed by atoms with Gasteiger partial charge in [0.1, 0.15) is 5.82 Å². The zero-order chi connectivity index (χ0) is 14.4. The molecule has 0 unspecified atom stereocenters. The van der Waals surface area contributed by atoms with Crippen LogP contribution in [-0.4, -0.2) is 13.2 Å². The monoisotopic (exact) mass is 274 g/mol. The number of nitrogens with one attached hydrogen (secondary N) is 2. The SMILES string of the molecule is COC(=O)Nc1cccc(NCc2ccccc2F)c1. The number of carbonyl (C=O) groups excluding carboxylic acids is 1. The molecule has 0 radical (unpaired) electrons. The zero-order valence-corrected chi connectivity index (χ0v) is 11.0. The topological polar surface area (TPSA) is 50.4 Å². The van der Waals surface area contributed by atoms with E-state index in [0.717, 1.165) is 5.69 Å². The zero-order valence-electron chi connectivity index (χ0n) is 11.0. The normalized spacial score (nSPS) is 9.90. The largest absolute Gasteiger partial charge is 0.453 e. The molecule has 104 valence electrons. The van der Waals surface area contributed by atoms with Gasteiger partial charge >= 0.3 is 6.09 Å². The fourth-order valence-corrected chi connectivity index (χ4v) is 1.71. The van der Waals surface area contributed by atoms with Crippen molar-refractivity contribution in [2.45, 2.75) is 6.54 Å². The standard InChI is InChI=1S/C15H15FN2O2/c1-20-15(19)18-13-7-4-6-12(9-13)17-10-11-5-2-3-8-14(11)16/h2-9,17H,10H2,1H3,(H,18,19). The van der Waals surface area contributed by atoms with Crippen LogP contribution in [0.4, 0.5) is 20.6 Å². The van der Waals surface area contributed by atoms with Gasteiger partial charge in [0.15, 0.2) is 0 Å². The van der Waals surface area contributed by atoms with Crippen LogP contribution in [0.25, 0.3) is 0 Å². The van der Waals surface area contributed by atoms with Gasteiger partial charge in [-0.1, -0.05) is 24.3 Å². The van der Waals surface area contributed by atoms with E-state index in [0.29, 0.717) is 17.8 Å². The molecular formula is C15H15FN2O2. The van der Waals surface area contributed by atoms with E-state index in [1.54, 1.807) is 36.4 Å². The lowest BCUT2D eigenvalue weighted by Gasteiger charge is -2.09. The fraction of sp³-hybridized carbons (Fsp3) is 0.133. The number of ether oxygens (including phenoxy) is 1. The van der Waals surface area contributed by atoms with Gasteiger partial charge in [-0.2, -0.15) is 0 Å². The minimum Gasteiger partial charge on any atom is -0.453 e. The number of rotatable bonds is 4. The maximum Gasteiger partial charge on any atom is 0.411 e. The van der Waals surface area contributed by atoms with E-state index in [1.165, 1.54) is 13.2 Å². The lowest BCUT2D eigenvalue weighted by atomic mass is 10.2. The third-order valence-corrected chi connectivity index (χ3v) is 2.74. The first-order valence-electron chi connectivity index (χ1n) is 6.11. The number of amides is 1. The molecule has 20 heavy (non-hydrogen) atoms. The van der Waals surface area contributed by atoms with Crippen molar-refractivity contribution in [3.63, 3.8) is 0 Å². The first kappa shape index (κ1) is 13.9. The minimum atomic E-state index is -0.531. The lowest BCUT2D eigenvalue weighted by molar-refractivity contribution is 0.187. The predicted octanol–water partition coefficient (Wildman–Crippen LogP) is 3.62. The Kier molecular flexibility index (Phi) is 4.55. The molecule has 0 aliphatic heterocycles. The number of hydrogen-bond acceptors (Lipinski definition) is 3. The Hall–Kier alpha value is -2.56. The van der Waals surface area contributed by atoms with E-state index in [4.69, 9.17) is 0 Å². The molecule has 2 rings (SSSR count). The van der Waals surface area contributed by atoms with E-state index in [2.05, 4.69) is 15.4 Å². The van der Waals surface area contributed by atoms with Crippen molar-refractivity contribution in [3.8, 4) is 0 Å². The summed E-state index contributed by atoms with van der Waals surface area (Å²) in [6, 6.07) is 13.7. The quantitative estimate of drug-likeness (QED) is 0.895. The van der Waals surface area contributed by atoms with Gasteiger partial charge < -0.3 is 10.1 Å². The van der Waals surface area contributed by atoms with E-state index in [9.17, 15) is 9.18 Å². The molecule has 0 saturated carbocycles. The third kappa shape index (κ3) is 3.71. The first-order valence-corrected chi connectivity index (χ1v) is 6.11. The summed E-state index contributed by atoms with van der Waals surface area (Å²) in [7, 11) is 1.30. The van der Waals surface area contributed by atoms with Crippen molar-refractivity contribution < 1.29 is 13.9 Å². The Bertz CT molecular complexity index is 602. The molecule has 0 saturated heterocycles. The van der Waals surface area contributed by atoms with Gasteiger partial charge in [0.05, 0.1) is 7.11 Å². The molecular weight excluding hydrogens is 259 g/mol. The summed E-state index contributed by atoms with van der Waals surface area (Å²) in [5.74, 6) is -0.246. The van der Waals surface area contributed by atoms with Crippen LogP contribution >= 0.6 is 0 Å². The van der Waals surface area contributed by atoms with E-state index >= 15 is 0 Å². The molecule has 0 fully saturated rings. The molecule has 0 atom stereocenters. The van der Waals surface area contributed by atoms with Crippen molar-refractivity contribution in [2.75, 3.05) is 17.7 Å². The molecule has 0 aliphatic rings. The van der Waals surface area contributed by atoms with Gasteiger partial charge in [-0.3, -0.25) is 5.32 Å². The van der Waals surface area contributed by atoms with Crippen LogP contribution in [0.2, 0.25) is 0 Å². The summed E-state index contributed by atoms with van der Waals surface area (Å²) in [4.78, 5) is 11.1. The van der Waals surface area contributed by atoms with Gasteiger partial charge in [-0.05, 0) is 24.3 Å². The van der Waals surface area contributed by atoms with Crippen LogP contribution in [0.15, 0.2) is 48.5 Å². The highest BCUT2D eigenvalue weighted by Gasteiger charge is 2.03. The molecule has 0 aliphatic carbocycles. The Balaban J connectivity index is 2.01. The van der Waals surface area contributed by atoms with Crippen molar-refractivity contribution in [2.24, 2.45) is 0 Å². The van der Waals surface area contributed by atoms with E-state index in [1.807, 2.05) is 6.07 Å². The second-order valence-corrected chi connectivity index (χ2v) is 4.14. The van der Waals surface area contributed by atoms with Gasteiger partial charge in [0.2, 0.25) is 0 Å². The van der Waals surface area contributed by atoms with Crippen molar-refractivity contribution >= 4 is 17.5 Å². The second-order valence-electron chi connectivity index (χ2n) is 4.14. The van der Waals surface area contributed by atoms with Crippen LogP contribution in [0.3, 0.4) is 0 Å². The summed E-state index contributed by atoms with van der Waals surface area (Å²) >= 11 is 0. The van der Waals surface area contributed by atoms with Crippen LogP contribution in [0.5, 0.6) is 0 Å². The van der Waals surface area contributed by atoms with Gasteiger partial charge in [0.25, 0.3) is 0 Å². The number of anilines is 2. The summed E-state index contributed by atoms with van der Waals surface area (Å²) in [6.45, 7) is 0.369.